The minimum atomic E-state index is -3.90. The Hall–Kier alpha value is -5.55. The number of nitrogens with zero attached hydrogens (tertiary/aromatic N) is 8. The third kappa shape index (κ3) is 11.1. The number of nitriles is 1. The van der Waals surface area contributed by atoms with E-state index in [2.05, 4.69) is 42.9 Å². The summed E-state index contributed by atoms with van der Waals surface area (Å²) in [7, 11) is -0.00114. The van der Waals surface area contributed by atoms with Gasteiger partial charge in [0.15, 0.2) is 5.75 Å². The number of para-hydroxylation sites is 1. The van der Waals surface area contributed by atoms with E-state index in [0.29, 0.717) is 71.3 Å². The van der Waals surface area contributed by atoms with Crippen LogP contribution in [-0.4, -0.2) is 112 Å². The number of aryl methyl sites for hydroxylation is 1. The molecule has 0 saturated carbocycles. The summed E-state index contributed by atoms with van der Waals surface area (Å²) in [6.07, 6.45) is 5.44. The van der Waals surface area contributed by atoms with Crippen LogP contribution in [0.5, 0.6) is 11.5 Å². The molecule has 0 radical (unpaired) electrons. The molecular weight excluding hydrogens is 944 g/mol. The van der Waals surface area contributed by atoms with Crippen LogP contribution in [0.25, 0.3) is 11.0 Å². The fourth-order valence-corrected chi connectivity index (χ4v) is 11.3. The Labute approximate surface area is 412 Å². The van der Waals surface area contributed by atoms with E-state index in [-0.39, 0.29) is 43.1 Å². The number of piperidine rings is 3. The van der Waals surface area contributed by atoms with E-state index in [0.717, 1.165) is 67.5 Å². The number of hydrogen-bond acceptors (Lipinski definition) is 12. The number of hydrogen-bond donors (Lipinski definition) is 2. The van der Waals surface area contributed by atoms with Gasteiger partial charge in [0.2, 0.25) is 17.8 Å². The quantitative estimate of drug-likeness (QED) is 0.0802. The number of fused-ring (bicyclic) bond motifs is 1. The fourth-order valence-electron chi connectivity index (χ4n) is 9.85. The first kappa shape index (κ1) is 49.9. The van der Waals surface area contributed by atoms with Gasteiger partial charge < -0.3 is 14.4 Å². The molecule has 0 spiro atoms. The van der Waals surface area contributed by atoms with E-state index in [9.17, 15) is 28.1 Å². The monoisotopic (exact) mass is 1000 g/mol. The zero-order chi connectivity index (χ0) is 49.0. The summed E-state index contributed by atoms with van der Waals surface area (Å²) in [4.78, 5) is 51.4. The van der Waals surface area contributed by atoms with E-state index in [1.165, 1.54) is 15.1 Å². The second kappa shape index (κ2) is 21.2. The van der Waals surface area contributed by atoms with Crippen molar-refractivity contribution >= 4 is 62.2 Å². The summed E-state index contributed by atoms with van der Waals surface area (Å²) in [5.41, 5.74) is 4.40. The number of ether oxygens (including phenoxy) is 2. The van der Waals surface area contributed by atoms with Gasteiger partial charge in [0.05, 0.1) is 33.2 Å². The number of aromatic nitrogens is 4. The molecule has 17 nitrogen and oxygen atoms in total. The van der Waals surface area contributed by atoms with E-state index in [1.807, 2.05) is 56.3 Å². The van der Waals surface area contributed by atoms with Gasteiger partial charge in [-0.15, -0.1) is 11.6 Å². The lowest BCUT2D eigenvalue weighted by atomic mass is 9.77. The minimum Gasteiger partial charge on any atom is -0.489 e. The Morgan fingerprint density at radius 2 is 1.71 bits per heavy atom. The third-order valence-corrected chi connectivity index (χ3v) is 15.8. The molecule has 2 aromatic heterocycles. The Morgan fingerprint density at radius 1 is 0.971 bits per heavy atom. The second-order valence-corrected chi connectivity index (χ2v) is 21.1. The van der Waals surface area contributed by atoms with Crippen molar-refractivity contribution in [1.82, 2.24) is 38.5 Å². The number of anilines is 1. The summed E-state index contributed by atoms with van der Waals surface area (Å²) < 4.78 is 45.9. The highest BCUT2D eigenvalue weighted by atomic mass is 35.5. The van der Waals surface area contributed by atoms with Crippen LogP contribution in [0, 0.1) is 17.2 Å². The number of likely N-dealkylation sites (tertiary alicyclic amines) is 1. The molecule has 20 heteroatoms. The van der Waals surface area contributed by atoms with Crippen molar-refractivity contribution in [2.75, 3.05) is 57.0 Å². The topological polar surface area (TPSA) is 197 Å². The van der Waals surface area contributed by atoms with Crippen molar-refractivity contribution in [2.45, 2.75) is 83.0 Å². The molecule has 3 fully saturated rings. The predicted molar refractivity (Wildman–Crippen MR) is 264 cm³/mol. The van der Waals surface area contributed by atoms with Gasteiger partial charge in [-0.25, -0.2) is 19.5 Å². The first-order valence-corrected chi connectivity index (χ1v) is 25.6. The predicted octanol–water partition coefficient (Wildman–Crippen LogP) is 6.12. The number of halogens is 2. The van der Waals surface area contributed by atoms with Crippen LogP contribution in [0.3, 0.4) is 0 Å². The largest absolute Gasteiger partial charge is 0.489 e. The number of benzene rings is 3. The van der Waals surface area contributed by atoms with Gasteiger partial charge in [-0.3, -0.25) is 28.9 Å². The molecule has 3 saturated heterocycles. The lowest BCUT2D eigenvalue weighted by Gasteiger charge is -2.39. The molecule has 3 aliphatic rings. The Bertz CT molecular complexity index is 2900. The van der Waals surface area contributed by atoms with Gasteiger partial charge in [-0.05, 0) is 111 Å². The number of carbonyl (C=O) groups is 2. The number of amides is 2. The molecular formula is C49H58Cl2N10O7S. The highest BCUT2D eigenvalue weighted by Crippen LogP contribution is 2.39. The number of rotatable bonds is 17. The number of nitrogens with one attached hydrogen (secondary N) is 2. The zero-order valence-electron chi connectivity index (χ0n) is 39.3. The minimum absolute atomic E-state index is 0.0257. The molecule has 3 aromatic carbocycles. The van der Waals surface area contributed by atoms with Crippen molar-refractivity contribution in [2.24, 2.45) is 13.0 Å². The first-order chi connectivity index (χ1) is 33.1. The SMILES string of the molecule is CN(CC1CCN(S(=O)(=O)Nc2nccc(COc3ccc(C(C)(C)c4cc(Cl)c(OCCCl)c(C#N)c4)cc3)n2)CC1)C1CCN(Cc2cccc3c2n(C)c(=O)n3C2CCC(=O)NC2=O)CC1. The number of imidazole rings is 1. The molecule has 366 valence electrons. The average Bonchev–Trinajstić information content (AvgIpc) is 3.59. The summed E-state index contributed by atoms with van der Waals surface area (Å²) in [5, 5.41) is 12.5. The average molecular weight is 1000 g/mol. The molecule has 8 rings (SSSR count). The molecule has 3 aliphatic heterocycles. The molecule has 5 heterocycles. The second-order valence-electron chi connectivity index (χ2n) is 18.7. The molecule has 2 amide bonds. The van der Waals surface area contributed by atoms with Crippen LogP contribution in [0.4, 0.5) is 5.95 Å². The third-order valence-electron chi connectivity index (χ3n) is 13.8. The zero-order valence-corrected chi connectivity index (χ0v) is 41.6. The maximum Gasteiger partial charge on any atom is 0.329 e. The van der Waals surface area contributed by atoms with Crippen LogP contribution in [0.2, 0.25) is 5.02 Å². The summed E-state index contributed by atoms with van der Waals surface area (Å²) in [6.45, 7) is 8.52. The molecule has 1 atom stereocenters. The lowest BCUT2D eigenvalue weighted by molar-refractivity contribution is -0.135. The van der Waals surface area contributed by atoms with Gasteiger partial charge in [0, 0.05) is 57.3 Å². The fraction of sp³-hybridized carbons (Fsp3) is 0.469. The van der Waals surface area contributed by atoms with E-state index < -0.39 is 27.6 Å². The van der Waals surface area contributed by atoms with Gasteiger partial charge in [0.1, 0.15) is 31.1 Å². The Kier molecular flexibility index (Phi) is 15.3. The smallest absolute Gasteiger partial charge is 0.329 e. The molecule has 5 aromatic rings. The molecule has 0 bridgehead atoms. The molecule has 0 aliphatic carbocycles. The van der Waals surface area contributed by atoms with Crippen LogP contribution < -0.4 is 25.2 Å². The summed E-state index contributed by atoms with van der Waals surface area (Å²) in [6, 6.07) is 20.5. The van der Waals surface area contributed by atoms with Crippen LogP contribution in [-0.2, 0) is 45.4 Å². The van der Waals surface area contributed by atoms with Crippen LogP contribution >= 0.6 is 23.2 Å². The highest BCUT2D eigenvalue weighted by molar-refractivity contribution is 7.90. The van der Waals surface area contributed by atoms with Gasteiger partial charge >= 0.3 is 15.9 Å². The molecule has 1 unspecified atom stereocenters. The molecule has 69 heavy (non-hydrogen) atoms. The van der Waals surface area contributed by atoms with Crippen LogP contribution in [0.1, 0.15) is 86.4 Å². The Balaban J connectivity index is 0.788. The standard InChI is InChI=1S/C49H58Cl2N10O7S/c1-49(2,36-26-34(28-52)45(40(51)27-36)67-25-19-50)35-8-10-39(11-9-35)68-31-37-14-20-53-47(54-37)56-69(65,66)60-23-15-32(16-24-60)29-57(3)38-17-21-59(22-18-38)30-33-6-5-7-41-44(33)58(4)48(64)61(41)42-12-13-43(62)55-46(42)63/h5-11,14,20,26-27,32,38,42H,12-13,15-19,21-25,29-31H2,1-4H3,(H,53,54,56)(H,55,62,63). The van der Waals surface area contributed by atoms with E-state index in [1.54, 1.807) is 29.8 Å². The summed E-state index contributed by atoms with van der Waals surface area (Å²) >= 11 is 12.3. The van der Waals surface area contributed by atoms with E-state index in [4.69, 9.17) is 32.7 Å². The van der Waals surface area contributed by atoms with Crippen molar-refractivity contribution < 1.29 is 27.5 Å². The van der Waals surface area contributed by atoms with E-state index >= 15 is 0 Å². The van der Waals surface area contributed by atoms with Crippen molar-refractivity contribution in [3.63, 3.8) is 0 Å². The molecule has 2 N–H and O–H groups in total. The van der Waals surface area contributed by atoms with Gasteiger partial charge in [0.25, 0.3) is 0 Å². The number of carbonyl (C=O) groups excluding carboxylic acids is 2. The maximum absolute atomic E-state index is 13.5. The maximum atomic E-state index is 13.5. The number of alkyl halides is 1. The highest BCUT2D eigenvalue weighted by Gasteiger charge is 2.34. The lowest BCUT2D eigenvalue weighted by Crippen LogP contribution is -2.47. The normalized spacial score (nSPS) is 18.1. The summed E-state index contributed by atoms with van der Waals surface area (Å²) in [5.74, 6) is 0.754. The first-order valence-electron chi connectivity index (χ1n) is 23.3. The van der Waals surface area contributed by atoms with Gasteiger partial charge in [-0.2, -0.15) is 18.0 Å². The van der Waals surface area contributed by atoms with Crippen molar-refractivity contribution in [1.29, 1.82) is 5.26 Å². The Morgan fingerprint density at radius 3 is 2.41 bits per heavy atom. The van der Waals surface area contributed by atoms with Gasteiger partial charge in [-0.1, -0.05) is 49.7 Å². The van der Waals surface area contributed by atoms with Crippen LogP contribution in [0.15, 0.2) is 71.7 Å². The number of imide groups is 1. The van der Waals surface area contributed by atoms with Crippen molar-refractivity contribution in [3.8, 4) is 17.6 Å². The van der Waals surface area contributed by atoms with Crippen molar-refractivity contribution in [3.05, 3.63) is 110 Å².